The molecule has 16 heavy (non-hydrogen) atoms. The zero-order valence-electron chi connectivity index (χ0n) is 8.97. The lowest BCUT2D eigenvalue weighted by atomic mass is 10.2. The highest BCUT2D eigenvalue weighted by Crippen LogP contribution is 2.16. The van der Waals surface area contributed by atoms with Crippen LogP contribution in [-0.4, -0.2) is 47.4 Å². The summed E-state index contributed by atoms with van der Waals surface area (Å²) >= 11 is 6.00. The average molecular weight is 243 g/mol. The number of pyridine rings is 1. The lowest BCUT2D eigenvalue weighted by Gasteiger charge is -2.32. The maximum Gasteiger partial charge on any atom is 0.133 e. The molecule has 1 aromatic rings. The van der Waals surface area contributed by atoms with Crippen LogP contribution in [-0.2, 0) is 11.3 Å². The summed E-state index contributed by atoms with van der Waals surface area (Å²) in [6, 6.07) is 3.85. The van der Waals surface area contributed by atoms with Crippen molar-refractivity contribution in [3.8, 4) is 0 Å². The third kappa shape index (κ3) is 2.92. The maximum atomic E-state index is 9.04. The van der Waals surface area contributed by atoms with E-state index in [-0.39, 0.29) is 12.7 Å². The van der Waals surface area contributed by atoms with Crippen LogP contribution in [0.3, 0.4) is 0 Å². The Balaban J connectivity index is 1.97. The number of ether oxygens (including phenoxy) is 1. The highest BCUT2D eigenvalue weighted by Gasteiger charge is 2.20. The van der Waals surface area contributed by atoms with E-state index >= 15 is 0 Å². The fourth-order valence-corrected chi connectivity index (χ4v) is 1.99. The van der Waals surface area contributed by atoms with Crippen LogP contribution in [0.15, 0.2) is 18.3 Å². The van der Waals surface area contributed by atoms with Gasteiger partial charge in [0.25, 0.3) is 0 Å². The highest BCUT2D eigenvalue weighted by molar-refractivity contribution is 6.30. The molecule has 5 heteroatoms. The van der Waals surface area contributed by atoms with Crippen molar-refractivity contribution in [2.75, 3.05) is 26.3 Å². The SMILES string of the molecule is OCC1CN(Cc2cccnc2Cl)CCO1. The van der Waals surface area contributed by atoms with Gasteiger partial charge in [-0.1, -0.05) is 17.7 Å². The molecule has 1 fully saturated rings. The van der Waals surface area contributed by atoms with Crippen LogP contribution < -0.4 is 0 Å². The third-order valence-electron chi connectivity index (χ3n) is 2.66. The first-order valence-corrected chi connectivity index (χ1v) is 5.71. The predicted octanol–water partition coefficient (Wildman–Crippen LogP) is 0.928. The normalized spacial score (nSPS) is 22.2. The Labute approximate surface area is 99.8 Å². The van der Waals surface area contributed by atoms with Gasteiger partial charge in [0.2, 0.25) is 0 Å². The van der Waals surface area contributed by atoms with Gasteiger partial charge in [-0.25, -0.2) is 4.98 Å². The molecule has 1 N–H and O–H groups in total. The van der Waals surface area contributed by atoms with Gasteiger partial charge in [-0.05, 0) is 6.07 Å². The second-order valence-corrected chi connectivity index (χ2v) is 4.22. The Hall–Kier alpha value is -0.680. The molecule has 1 aromatic heterocycles. The van der Waals surface area contributed by atoms with E-state index in [9.17, 15) is 0 Å². The molecule has 1 unspecified atom stereocenters. The molecule has 1 aliphatic heterocycles. The van der Waals surface area contributed by atoms with Crippen LogP contribution in [0.5, 0.6) is 0 Å². The quantitative estimate of drug-likeness (QED) is 0.801. The fraction of sp³-hybridized carbons (Fsp3) is 0.545. The molecule has 2 rings (SSSR count). The summed E-state index contributed by atoms with van der Waals surface area (Å²) < 4.78 is 5.39. The van der Waals surface area contributed by atoms with Gasteiger partial charge in [0.1, 0.15) is 5.15 Å². The zero-order valence-corrected chi connectivity index (χ0v) is 9.73. The lowest BCUT2D eigenvalue weighted by Crippen LogP contribution is -2.43. The van der Waals surface area contributed by atoms with Crippen molar-refractivity contribution in [2.45, 2.75) is 12.6 Å². The predicted molar refractivity (Wildman–Crippen MR) is 61.3 cm³/mol. The van der Waals surface area contributed by atoms with E-state index in [2.05, 4.69) is 9.88 Å². The number of hydrogen-bond acceptors (Lipinski definition) is 4. The molecule has 88 valence electrons. The summed E-state index contributed by atoms with van der Waals surface area (Å²) in [4.78, 5) is 6.26. The van der Waals surface area contributed by atoms with E-state index in [0.29, 0.717) is 11.8 Å². The van der Waals surface area contributed by atoms with E-state index < -0.39 is 0 Å². The first-order chi connectivity index (χ1) is 7.79. The smallest absolute Gasteiger partial charge is 0.133 e. The van der Waals surface area contributed by atoms with E-state index in [1.165, 1.54) is 0 Å². The molecule has 1 aliphatic rings. The molecule has 4 nitrogen and oxygen atoms in total. The molecule has 1 saturated heterocycles. The number of nitrogens with zero attached hydrogens (tertiary/aromatic N) is 2. The molecule has 0 aliphatic carbocycles. The minimum atomic E-state index is -0.0794. The summed E-state index contributed by atoms with van der Waals surface area (Å²) in [5.74, 6) is 0. The van der Waals surface area contributed by atoms with Crippen LogP contribution in [0.4, 0.5) is 0 Å². The molecule has 2 heterocycles. The van der Waals surface area contributed by atoms with Crippen LogP contribution in [0.1, 0.15) is 5.56 Å². The molecule has 0 amide bonds. The van der Waals surface area contributed by atoms with Crippen molar-refractivity contribution in [3.63, 3.8) is 0 Å². The first kappa shape index (κ1) is 11.8. The molecule has 0 radical (unpaired) electrons. The van der Waals surface area contributed by atoms with E-state index in [1.807, 2.05) is 12.1 Å². The molecular weight excluding hydrogens is 228 g/mol. The van der Waals surface area contributed by atoms with Gasteiger partial charge < -0.3 is 9.84 Å². The van der Waals surface area contributed by atoms with Crippen molar-refractivity contribution in [2.24, 2.45) is 0 Å². The van der Waals surface area contributed by atoms with Crippen LogP contribution in [0, 0.1) is 0 Å². The Bertz CT molecular complexity index is 349. The van der Waals surface area contributed by atoms with Crippen LogP contribution in [0.25, 0.3) is 0 Å². The maximum absolute atomic E-state index is 9.04. The van der Waals surface area contributed by atoms with Gasteiger partial charge in [0, 0.05) is 31.4 Å². The number of aliphatic hydroxyl groups excluding tert-OH is 1. The number of hydrogen-bond donors (Lipinski definition) is 1. The standard InChI is InChI=1S/C11H15ClN2O2/c12-11-9(2-1-3-13-11)6-14-4-5-16-10(7-14)8-15/h1-3,10,15H,4-8H2. The Morgan fingerprint density at radius 3 is 3.25 bits per heavy atom. The number of aromatic nitrogens is 1. The van der Waals surface area contributed by atoms with Crippen LogP contribution in [0.2, 0.25) is 5.15 Å². The van der Waals surface area contributed by atoms with E-state index in [0.717, 1.165) is 25.2 Å². The topological polar surface area (TPSA) is 45.6 Å². The molecule has 0 aromatic carbocycles. The van der Waals surface area contributed by atoms with Gasteiger partial charge >= 0.3 is 0 Å². The largest absolute Gasteiger partial charge is 0.394 e. The van der Waals surface area contributed by atoms with E-state index in [1.54, 1.807) is 6.20 Å². The second kappa shape index (κ2) is 5.59. The van der Waals surface area contributed by atoms with Gasteiger partial charge in [-0.15, -0.1) is 0 Å². The van der Waals surface area contributed by atoms with Crippen molar-refractivity contribution < 1.29 is 9.84 Å². The number of rotatable bonds is 3. The summed E-state index contributed by atoms with van der Waals surface area (Å²) in [5.41, 5.74) is 1.02. The average Bonchev–Trinajstić information content (AvgIpc) is 2.32. The minimum absolute atomic E-state index is 0.0667. The van der Waals surface area contributed by atoms with Gasteiger partial charge in [-0.3, -0.25) is 4.90 Å². The first-order valence-electron chi connectivity index (χ1n) is 5.34. The van der Waals surface area contributed by atoms with Gasteiger partial charge in [0.05, 0.1) is 19.3 Å². The van der Waals surface area contributed by atoms with Crippen molar-refractivity contribution >= 4 is 11.6 Å². The molecule has 0 bridgehead atoms. The van der Waals surface area contributed by atoms with Crippen LogP contribution >= 0.6 is 11.6 Å². The summed E-state index contributed by atoms with van der Waals surface area (Å²) in [7, 11) is 0. The Kier molecular flexibility index (Phi) is 4.12. The van der Waals surface area contributed by atoms with Crippen molar-refractivity contribution in [1.29, 1.82) is 0 Å². The lowest BCUT2D eigenvalue weighted by molar-refractivity contribution is -0.0551. The zero-order chi connectivity index (χ0) is 11.4. The number of halogens is 1. The number of morpholine rings is 1. The summed E-state index contributed by atoms with van der Waals surface area (Å²) in [5, 5.41) is 9.59. The summed E-state index contributed by atoms with van der Waals surface area (Å²) in [6.07, 6.45) is 1.60. The van der Waals surface area contributed by atoms with Gasteiger partial charge in [0.15, 0.2) is 0 Å². The van der Waals surface area contributed by atoms with E-state index in [4.69, 9.17) is 21.4 Å². The minimum Gasteiger partial charge on any atom is -0.394 e. The summed E-state index contributed by atoms with van der Waals surface area (Å²) in [6.45, 7) is 3.08. The molecule has 1 atom stereocenters. The molecule has 0 spiro atoms. The second-order valence-electron chi connectivity index (χ2n) is 3.86. The molecular formula is C11H15ClN2O2. The molecule has 0 saturated carbocycles. The Morgan fingerprint density at radius 1 is 1.62 bits per heavy atom. The van der Waals surface area contributed by atoms with Gasteiger partial charge in [-0.2, -0.15) is 0 Å². The Morgan fingerprint density at radius 2 is 2.50 bits per heavy atom. The van der Waals surface area contributed by atoms with Crippen molar-refractivity contribution in [1.82, 2.24) is 9.88 Å². The van der Waals surface area contributed by atoms with Crippen molar-refractivity contribution in [3.05, 3.63) is 29.0 Å². The third-order valence-corrected chi connectivity index (χ3v) is 3.00. The fourth-order valence-electron chi connectivity index (χ4n) is 1.81. The number of aliphatic hydroxyl groups is 1. The monoisotopic (exact) mass is 242 g/mol. The highest BCUT2D eigenvalue weighted by atomic mass is 35.5.